The summed E-state index contributed by atoms with van der Waals surface area (Å²) in [5.74, 6) is 1.38. The van der Waals surface area contributed by atoms with Crippen molar-refractivity contribution in [3.63, 3.8) is 0 Å². The van der Waals surface area contributed by atoms with Gasteiger partial charge in [-0.15, -0.1) is 0 Å². The second-order valence-electron chi connectivity index (χ2n) is 6.78. The van der Waals surface area contributed by atoms with Crippen molar-refractivity contribution in [1.29, 1.82) is 0 Å². The van der Waals surface area contributed by atoms with E-state index in [-0.39, 0.29) is 0 Å². The van der Waals surface area contributed by atoms with Gasteiger partial charge in [-0.3, -0.25) is 4.90 Å². The molecule has 4 aromatic rings. The van der Waals surface area contributed by atoms with Crippen LogP contribution in [-0.2, 0) is 19.5 Å². The first-order chi connectivity index (χ1) is 13.7. The SMILES string of the molecule is CCc1noc(CN(C)Cc2cn(-c3ccccc3)nc2-c2ccccc2)n1. The van der Waals surface area contributed by atoms with Gasteiger partial charge in [-0.05, 0) is 19.2 Å². The summed E-state index contributed by atoms with van der Waals surface area (Å²) in [6.07, 6.45) is 2.87. The van der Waals surface area contributed by atoms with Gasteiger partial charge in [0, 0.05) is 30.3 Å². The van der Waals surface area contributed by atoms with Crippen LogP contribution in [0.3, 0.4) is 0 Å². The zero-order chi connectivity index (χ0) is 19.3. The highest BCUT2D eigenvalue weighted by Gasteiger charge is 2.15. The third kappa shape index (κ3) is 4.02. The monoisotopic (exact) mass is 373 g/mol. The smallest absolute Gasteiger partial charge is 0.240 e. The lowest BCUT2D eigenvalue weighted by molar-refractivity contribution is 0.260. The van der Waals surface area contributed by atoms with Crippen LogP contribution >= 0.6 is 0 Å². The largest absolute Gasteiger partial charge is 0.338 e. The second-order valence-corrected chi connectivity index (χ2v) is 6.78. The van der Waals surface area contributed by atoms with Gasteiger partial charge in [0.2, 0.25) is 5.89 Å². The molecule has 0 amide bonds. The number of benzene rings is 2. The van der Waals surface area contributed by atoms with E-state index in [1.54, 1.807) is 0 Å². The topological polar surface area (TPSA) is 60.0 Å². The Morgan fingerprint density at radius 1 is 0.964 bits per heavy atom. The summed E-state index contributed by atoms with van der Waals surface area (Å²) >= 11 is 0. The molecule has 0 fully saturated rings. The quantitative estimate of drug-likeness (QED) is 0.488. The summed E-state index contributed by atoms with van der Waals surface area (Å²) < 4.78 is 7.27. The standard InChI is InChI=1S/C22H23N5O/c1-3-20-23-21(28-25-20)16-26(2)14-18-15-27(19-12-8-5-9-13-19)24-22(18)17-10-6-4-7-11-17/h4-13,15H,3,14,16H2,1-2H3. The summed E-state index contributed by atoms with van der Waals surface area (Å²) in [6, 6.07) is 20.4. The van der Waals surface area contributed by atoms with E-state index in [0.717, 1.165) is 41.3 Å². The molecule has 0 aliphatic heterocycles. The summed E-state index contributed by atoms with van der Waals surface area (Å²) in [4.78, 5) is 6.56. The maximum Gasteiger partial charge on any atom is 0.240 e. The lowest BCUT2D eigenvalue weighted by atomic mass is 10.1. The summed E-state index contributed by atoms with van der Waals surface area (Å²) in [5.41, 5.74) is 4.27. The Morgan fingerprint density at radius 3 is 2.36 bits per heavy atom. The first-order valence-corrected chi connectivity index (χ1v) is 9.42. The fraction of sp³-hybridized carbons (Fsp3) is 0.227. The molecule has 0 saturated heterocycles. The van der Waals surface area contributed by atoms with Gasteiger partial charge >= 0.3 is 0 Å². The van der Waals surface area contributed by atoms with E-state index < -0.39 is 0 Å². The highest BCUT2D eigenvalue weighted by molar-refractivity contribution is 5.63. The minimum absolute atomic E-state index is 0.595. The van der Waals surface area contributed by atoms with Crippen LogP contribution in [0.15, 0.2) is 71.4 Å². The molecule has 6 nitrogen and oxygen atoms in total. The first-order valence-electron chi connectivity index (χ1n) is 9.42. The van der Waals surface area contributed by atoms with Crippen molar-refractivity contribution in [3.05, 3.63) is 84.1 Å². The number of hydrogen-bond donors (Lipinski definition) is 0. The molecule has 0 saturated carbocycles. The fourth-order valence-corrected chi connectivity index (χ4v) is 3.15. The Labute approximate surface area is 164 Å². The normalized spacial score (nSPS) is 11.2. The summed E-state index contributed by atoms with van der Waals surface area (Å²) in [5, 5.41) is 8.84. The van der Waals surface area contributed by atoms with Crippen molar-refractivity contribution in [2.75, 3.05) is 7.05 Å². The molecule has 0 aliphatic rings. The lowest BCUT2D eigenvalue weighted by Gasteiger charge is -2.13. The van der Waals surface area contributed by atoms with Crippen molar-refractivity contribution in [2.24, 2.45) is 0 Å². The molecule has 0 atom stereocenters. The van der Waals surface area contributed by atoms with Crippen molar-refractivity contribution in [2.45, 2.75) is 26.4 Å². The molecule has 0 bridgehead atoms. The number of para-hydroxylation sites is 1. The molecule has 0 radical (unpaired) electrons. The molecule has 2 aromatic heterocycles. The number of hydrogen-bond acceptors (Lipinski definition) is 5. The predicted octanol–water partition coefficient (Wildman–Crippen LogP) is 4.12. The Bertz CT molecular complexity index is 1020. The van der Waals surface area contributed by atoms with Crippen LogP contribution in [0, 0.1) is 0 Å². The van der Waals surface area contributed by atoms with E-state index in [2.05, 4.69) is 45.5 Å². The van der Waals surface area contributed by atoms with Gasteiger partial charge in [0.25, 0.3) is 0 Å². The molecule has 0 unspecified atom stereocenters. The van der Waals surface area contributed by atoms with Gasteiger partial charge < -0.3 is 4.52 Å². The molecule has 0 aliphatic carbocycles. The number of aryl methyl sites for hydroxylation is 1. The fourth-order valence-electron chi connectivity index (χ4n) is 3.15. The molecule has 6 heteroatoms. The Balaban J connectivity index is 1.62. The van der Waals surface area contributed by atoms with Crippen molar-refractivity contribution < 1.29 is 4.52 Å². The van der Waals surface area contributed by atoms with E-state index in [1.807, 2.05) is 55.1 Å². The van der Waals surface area contributed by atoms with Crippen LogP contribution in [0.25, 0.3) is 16.9 Å². The summed E-state index contributed by atoms with van der Waals surface area (Å²) in [6.45, 7) is 3.33. The van der Waals surface area contributed by atoms with Crippen LogP contribution < -0.4 is 0 Å². The van der Waals surface area contributed by atoms with E-state index >= 15 is 0 Å². The molecule has 2 aromatic carbocycles. The Morgan fingerprint density at radius 2 is 1.68 bits per heavy atom. The summed E-state index contributed by atoms with van der Waals surface area (Å²) in [7, 11) is 2.05. The third-order valence-corrected chi connectivity index (χ3v) is 4.53. The van der Waals surface area contributed by atoms with E-state index in [4.69, 9.17) is 9.62 Å². The van der Waals surface area contributed by atoms with Crippen molar-refractivity contribution in [3.8, 4) is 16.9 Å². The molecule has 2 heterocycles. The third-order valence-electron chi connectivity index (χ3n) is 4.53. The molecular weight excluding hydrogens is 350 g/mol. The van der Waals surface area contributed by atoms with Crippen molar-refractivity contribution >= 4 is 0 Å². The predicted molar refractivity (Wildman–Crippen MR) is 108 cm³/mol. The van der Waals surface area contributed by atoms with E-state index in [0.29, 0.717) is 12.4 Å². The number of nitrogens with zero attached hydrogens (tertiary/aromatic N) is 5. The average Bonchev–Trinajstić information content (AvgIpc) is 3.36. The van der Waals surface area contributed by atoms with Crippen LogP contribution in [0.1, 0.15) is 24.2 Å². The van der Waals surface area contributed by atoms with Crippen LogP contribution in [-0.4, -0.2) is 31.9 Å². The highest BCUT2D eigenvalue weighted by Crippen LogP contribution is 2.25. The number of aromatic nitrogens is 4. The Hall–Kier alpha value is -3.25. The van der Waals surface area contributed by atoms with Gasteiger partial charge in [-0.25, -0.2) is 4.68 Å². The van der Waals surface area contributed by atoms with Crippen LogP contribution in [0.4, 0.5) is 0 Å². The zero-order valence-corrected chi connectivity index (χ0v) is 16.1. The molecule has 0 spiro atoms. The van der Waals surface area contributed by atoms with E-state index in [1.165, 1.54) is 0 Å². The Kier molecular flexibility index (Phi) is 5.30. The molecule has 4 rings (SSSR count). The second kappa shape index (κ2) is 8.19. The molecular formula is C22H23N5O. The van der Waals surface area contributed by atoms with Gasteiger partial charge in [-0.1, -0.05) is 60.6 Å². The lowest BCUT2D eigenvalue weighted by Crippen LogP contribution is -2.17. The highest BCUT2D eigenvalue weighted by atomic mass is 16.5. The maximum atomic E-state index is 5.33. The minimum atomic E-state index is 0.595. The molecule has 28 heavy (non-hydrogen) atoms. The van der Waals surface area contributed by atoms with Crippen LogP contribution in [0.2, 0.25) is 0 Å². The number of rotatable bonds is 7. The van der Waals surface area contributed by atoms with Crippen molar-refractivity contribution in [1.82, 2.24) is 24.8 Å². The van der Waals surface area contributed by atoms with Crippen LogP contribution in [0.5, 0.6) is 0 Å². The van der Waals surface area contributed by atoms with Gasteiger partial charge in [0.1, 0.15) is 0 Å². The van der Waals surface area contributed by atoms with Gasteiger partial charge in [0.05, 0.1) is 17.9 Å². The van der Waals surface area contributed by atoms with E-state index in [9.17, 15) is 0 Å². The van der Waals surface area contributed by atoms with Gasteiger partial charge in [0.15, 0.2) is 5.82 Å². The minimum Gasteiger partial charge on any atom is -0.338 e. The zero-order valence-electron chi connectivity index (χ0n) is 16.1. The molecule has 142 valence electrons. The average molecular weight is 373 g/mol. The maximum absolute atomic E-state index is 5.33. The first kappa shape index (κ1) is 18.1. The van der Waals surface area contributed by atoms with Gasteiger partial charge in [-0.2, -0.15) is 10.1 Å². The molecule has 0 N–H and O–H groups in total.